The highest BCUT2D eigenvalue weighted by atomic mass is 16.4. The van der Waals surface area contributed by atoms with E-state index >= 15 is 0 Å². The normalized spacial score (nSPS) is 21.9. The van der Waals surface area contributed by atoms with Gasteiger partial charge < -0.3 is 10.4 Å². The molecular formula is C10H15NO3. The molecule has 1 aliphatic rings. The Morgan fingerprint density at radius 1 is 1.64 bits per heavy atom. The molecule has 0 heterocycles. The van der Waals surface area contributed by atoms with Gasteiger partial charge in [-0.25, -0.2) is 0 Å². The molecule has 2 unspecified atom stereocenters. The largest absolute Gasteiger partial charge is 0.480 e. The number of carbonyl (C=O) groups excluding carboxylic acids is 1. The van der Waals surface area contributed by atoms with Crippen molar-refractivity contribution in [2.45, 2.75) is 32.2 Å². The summed E-state index contributed by atoms with van der Waals surface area (Å²) in [6.07, 6.45) is 6.49. The van der Waals surface area contributed by atoms with Crippen LogP contribution >= 0.6 is 0 Å². The fraction of sp³-hybridized carbons (Fsp3) is 0.600. The summed E-state index contributed by atoms with van der Waals surface area (Å²) in [6.45, 7) is 1.46. The van der Waals surface area contributed by atoms with Gasteiger partial charge in [-0.05, 0) is 25.7 Å². The average Bonchev–Trinajstić information content (AvgIpc) is 2.56. The van der Waals surface area contributed by atoms with E-state index in [0.717, 1.165) is 12.8 Å². The smallest absolute Gasteiger partial charge is 0.325 e. The molecule has 0 spiro atoms. The average molecular weight is 197 g/mol. The van der Waals surface area contributed by atoms with Crippen LogP contribution in [0.25, 0.3) is 0 Å². The van der Waals surface area contributed by atoms with Crippen molar-refractivity contribution in [1.82, 2.24) is 5.32 Å². The molecule has 0 aromatic heterocycles. The molecule has 78 valence electrons. The van der Waals surface area contributed by atoms with Crippen LogP contribution in [0.4, 0.5) is 0 Å². The predicted molar refractivity (Wildman–Crippen MR) is 51.7 cm³/mol. The Hall–Kier alpha value is -1.32. The van der Waals surface area contributed by atoms with Gasteiger partial charge in [0.1, 0.15) is 6.04 Å². The molecule has 0 bridgehead atoms. The second-order valence-corrected chi connectivity index (χ2v) is 3.60. The van der Waals surface area contributed by atoms with Gasteiger partial charge in [-0.2, -0.15) is 0 Å². The fourth-order valence-electron chi connectivity index (χ4n) is 1.47. The Kier molecular flexibility index (Phi) is 3.68. The van der Waals surface area contributed by atoms with Crippen molar-refractivity contribution in [2.75, 3.05) is 0 Å². The number of nitrogens with one attached hydrogen (secondary N) is 1. The number of allylic oxidation sites excluding steroid dienone is 2. The highest BCUT2D eigenvalue weighted by Crippen LogP contribution is 2.19. The lowest BCUT2D eigenvalue weighted by molar-refractivity contribution is -0.141. The lowest BCUT2D eigenvalue weighted by atomic mass is 10.0. The topological polar surface area (TPSA) is 66.4 Å². The van der Waals surface area contributed by atoms with Crippen LogP contribution in [-0.2, 0) is 9.59 Å². The van der Waals surface area contributed by atoms with Crippen LogP contribution in [0.15, 0.2) is 12.2 Å². The first-order valence-electron chi connectivity index (χ1n) is 4.78. The summed E-state index contributed by atoms with van der Waals surface area (Å²) in [5, 5.41) is 11.0. The maximum Gasteiger partial charge on any atom is 0.325 e. The number of aliphatic carboxylic acids is 1. The molecule has 0 saturated heterocycles. The van der Waals surface area contributed by atoms with Gasteiger partial charge in [0.25, 0.3) is 0 Å². The zero-order valence-electron chi connectivity index (χ0n) is 8.19. The first-order valence-corrected chi connectivity index (χ1v) is 4.78. The molecule has 14 heavy (non-hydrogen) atoms. The molecule has 0 aromatic rings. The molecule has 0 fully saturated rings. The molecule has 4 heteroatoms. The number of amides is 1. The molecule has 0 saturated carbocycles. The molecule has 2 atom stereocenters. The minimum atomic E-state index is -1.000. The van der Waals surface area contributed by atoms with E-state index in [9.17, 15) is 9.59 Å². The van der Waals surface area contributed by atoms with Crippen molar-refractivity contribution < 1.29 is 14.7 Å². The third-order valence-corrected chi connectivity index (χ3v) is 2.31. The van der Waals surface area contributed by atoms with Gasteiger partial charge in [0.05, 0.1) is 0 Å². The third-order valence-electron chi connectivity index (χ3n) is 2.31. The van der Waals surface area contributed by atoms with Gasteiger partial charge in [-0.3, -0.25) is 9.59 Å². The summed E-state index contributed by atoms with van der Waals surface area (Å²) in [6, 6.07) is -0.798. The Morgan fingerprint density at radius 2 is 2.36 bits per heavy atom. The Bertz CT molecular complexity index is 254. The van der Waals surface area contributed by atoms with Gasteiger partial charge >= 0.3 is 5.97 Å². The number of carboxylic acid groups (broad SMARTS) is 1. The maximum atomic E-state index is 11.3. The van der Waals surface area contributed by atoms with Crippen LogP contribution in [0.1, 0.15) is 26.2 Å². The van der Waals surface area contributed by atoms with Crippen molar-refractivity contribution in [3.63, 3.8) is 0 Å². The number of carbonyl (C=O) groups is 2. The number of rotatable bonds is 4. The van der Waals surface area contributed by atoms with Gasteiger partial charge in [-0.15, -0.1) is 0 Å². The minimum absolute atomic E-state index is 0.184. The van der Waals surface area contributed by atoms with Crippen LogP contribution in [0, 0.1) is 5.92 Å². The Labute approximate surface area is 83.0 Å². The van der Waals surface area contributed by atoms with Crippen LogP contribution in [0.2, 0.25) is 0 Å². The fourth-order valence-corrected chi connectivity index (χ4v) is 1.47. The zero-order chi connectivity index (χ0) is 10.6. The summed E-state index contributed by atoms with van der Waals surface area (Å²) >= 11 is 0. The second kappa shape index (κ2) is 4.79. The van der Waals surface area contributed by atoms with Crippen molar-refractivity contribution in [2.24, 2.45) is 5.92 Å². The van der Waals surface area contributed by atoms with Gasteiger partial charge in [0.15, 0.2) is 0 Å². The lowest BCUT2D eigenvalue weighted by Crippen LogP contribution is -2.38. The molecular weight excluding hydrogens is 182 g/mol. The highest BCUT2D eigenvalue weighted by molar-refractivity contribution is 5.83. The van der Waals surface area contributed by atoms with Crippen molar-refractivity contribution in [1.29, 1.82) is 0 Å². The van der Waals surface area contributed by atoms with Crippen molar-refractivity contribution in [3.05, 3.63) is 12.2 Å². The first-order chi connectivity index (χ1) is 6.59. The number of carboxylic acids is 1. The second-order valence-electron chi connectivity index (χ2n) is 3.60. The molecule has 4 nitrogen and oxygen atoms in total. The first kappa shape index (κ1) is 10.8. The monoisotopic (exact) mass is 197 g/mol. The van der Waals surface area contributed by atoms with Crippen LogP contribution in [-0.4, -0.2) is 23.0 Å². The number of hydrogen-bond donors (Lipinski definition) is 2. The summed E-state index contributed by atoms with van der Waals surface area (Å²) in [4.78, 5) is 21.7. The Balaban J connectivity index is 2.28. The third kappa shape index (κ3) is 3.20. The van der Waals surface area contributed by atoms with Gasteiger partial charge in [0, 0.05) is 6.42 Å². The Morgan fingerprint density at radius 3 is 2.86 bits per heavy atom. The molecule has 0 aromatic carbocycles. The quantitative estimate of drug-likeness (QED) is 0.659. The summed E-state index contributed by atoms with van der Waals surface area (Å²) in [5.41, 5.74) is 0. The van der Waals surface area contributed by atoms with Crippen molar-refractivity contribution >= 4 is 11.9 Å². The summed E-state index contributed by atoms with van der Waals surface area (Å²) < 4.78 is 0. The van der Waals surface area contributed by atoms with E-state index < -0.39 is 12.0 Å². The predicted octanol–water partition coefficient (Wildman–Crippen LogP) is 0.932. The minimum Gasteiger partial charge on any atom is -0.480 e. The molecule has 2 N–H and O–H groups in total. The number of hydrogen-bond acceptors (Lipinski definition) is 2. The highest BCUT2D eigenvalue weighted by Gasteiger charge is 2.17. The van der Waals surface area contributed by atoms with Gasteiger partial charge in [0.2, 0.25) is 5.91 Å². The van der Waals surface area contributed by atoms with E-state index in [0.29, 0.717) is 6.42 Å². The van der Waals surface area contributed by atoms with Crippen molar-refractivity contribution in [3.8, 4) is 0 Å². The van der Waals surface area contributed by atoms with E-state index in [4.69, 9.17) is 5.11 Å². The standard InChI is InChI=1S/C10H15NO3/c1-7(10(13)14)11-9(12)6-8-4-2-3-5-8/h2,4,7-8H,3,5-6H2,1H3,(H,11,12)(H,13,14). The zero-order valence-corrected chi connectivity index (χ0v) is 8.19. The van der Waals surface area contributed by atoms with E-state index in [-0.39, 0.29) is 11.8 Å². The van der Waals surface area contributed by atoms with Crippen LogP contribution in [0.5, 0.6) is 0 Å². The van der Waals surface area contributed by atoms with E-state index in [2.05, 4.69) is 11.4 Å². The SMILES string of the molecule is CC(NC(=O)CC1C=CCC1)C(=O)O. The summed E-state index contributed by atoms with van der Waals surface area (Å²) in [7, 11) is 0. The van der Waals surface area contributed by atoms with Crippen LogP contribution < -0.4 is 5.32 Å². The van der Waals surface area contributed by atoms with Crippen LogP contribution in [0.3, 0.4) is 0 Å². The molecule has 1 rings (SSSR count). The van der Waals surface area contributed by atoms with Gasteiger partial charge in [-0.1, -0.05) is 12.2 Å². The molecule has 1 amide bonds. The maximum absolute atomic E-state index is 11.3. The van der Waals surface area contributed by atoms with E-state index in [1.165, 1.54) is 6.92 Å². The molecule has 1 aliphatic carbocycles. The van der Waals surface area contributed by atoms with E-state index in [1.54, 1.807) is 0 Å². The lowest BCUT2D eigenvalue weighted by Gasteiger charge is -2.11. The van der Waals surface area contributed by atoms with E-state index in [1.807, 2.05) is 6.08 Å². The molecule has 0 aliphatic heterocycles. The molecule has 0 radical (unpaired) electrons. The summed E-state index contributed by atoms with van der Waals surface area (Å²) in [5.74, 6) is -0.896.